The molecule has 1 unspecified atom stereocenters. The Morgan fingerprint density at radius 1 is 1.50 bits per heavy atom. The van der Waals surface area contributed by atoms with Gasteiger partial charge in [-0.3, -0.25) is 5.84 Å². The van der Waals surface area contributed by atoms with Gasteiger partial charge in [-0.25, -0.2) is 9.82 Å². The van der Waals surface area contributed by atoms with E-state index < -0.39 is 0 Å². The summed E-state index contributed by atoms with van der Waals surface area (Å²) in [4.78, 5) is 0.900. The van der Waals surface area contributed by atoms with Crippen molar-refractivity contribution in [3.63, 3.8) is 0 Å². The van der Waals surface area contributed by atoms with E-state index in [9.17, 15) is 4.39 Å². The molecule has 0 radical (unpaired) electrons. The zero-order chi connectivity index (χ0) is 11.5. The quantitative estimate of drug-likeness (QED) is 0.629. The molecule has 1 aromatic heterocycles. The standard InChI is InChI=1S/C10H11FN4S/c1-6-4-7(11)2-3-8(6)10(14-12)9-5-13-15-16-9/h2-5,10,14H,12H2,1H3. The molecule has 84 valence electrons. The summed E-state index contributed by atoms with van der Waals surface area (Å²) in [6.07, 6.45) is 1.65. The Hall–Kier alpha value is -1.37. The van der Waals surface area contributed by atoms with Gasteiger partial charge in [-0.15, -0.1) is 5.10 Å². The van der Waals surface area contributed by atoms with Crippen molar-refractivity contribution in [3.05, 3.63) is 46.2 Å². The summed E-state index contributed by atoms with van der Waals surface area (Å²) in [6, 6.07) is 4.42. The average Bonchev–Trinajstić information content (AvgIpc) is 2.75. The van der Waals surface area contributed by atoms with E-state index in [-0.39, 0.29) is 11.9 Å². The molecule has 0 spiro atoms. The zero-order valence-corrected chi connectivity index (χ0v) is 9.46. The lowest BCUT2D eigenvalue weighted by atomic mass is 10.0. The molecule has 1 heterocycles. The van der Waals surface area contributed by atoms with Crippen molar-refractivity contribution in [3.8, 4) is 0 Å². The molecule has 0 bridgehead atoms. The summed E-state index contributed by atoms with van der Waals surface area (Å²) in [5.41, 5.74) is 4.46. The van der Waals surface area contributed by atoms with Crippen LogP contribution in [0.15, 0.2) is 24.4 Å². The number of hydrogen-bond donors (Lipinski definition) is 2. The molecule has 2 rings (SSSR count). The predicted molar refractivity (Wildman–Crippen MR) is 60.2 cm³/mol. The zero-order valence-electron chi connectivity index (χ0n) is 8.64. The Kier molecular flexibility index (Phi) is 3.23. The molecule has 0 aliphatic carbocycles. The van der Waals surface area contributed by atoms with Crippen LogP contribution in [-0.4, -0.2) is 9.59 Å². The van der Waals surface area contributed by atoms with Crippen molar-refractivity contribution in [2.75, 3.05) is 0 Å². The third-order valence-corrected chi connectivity index (χ3v) is 3.10. The Morgan fingerprint density at radius 3 is 2.88 bits per heavy atom. The van der Waals surface area contributed by atoms with Crippen LogP contribution in [0.5, 0.6) is 0 Å². The lowest BCUT2D eigenvalue weighted by Gasteiger charge is -2.16. The van der Waals surface area contributed by atoms with Gasteiger partial charge in [0.05, 0.1) is 17.1 Å². The normalized spacial score (nSPS) is 12.7. The van der Waals surface area contributed by atoms with Gasteiger partial charge < -0.3 is 0 Å². The topological polar surface area (TPSA) is 63.8 Å². The van der Waals surface area contributed by atoms with Crippen LogP contribution in [0.25, 0.3) is 0 Å². The lowest BCUT2D eigenvalue weighted by Crippen LogP contribution is -2.28. The van der Waals surface area contributed by atoms with Gasteiger partial charge >= 0.3 is 0 Å². The summed E-state index contributed by atoms with van der Waals surface area (Å²) in [5.74, 6) is 5.26. The third kappa shape index (κ3) is 2.08. The Bertz CT molecular complexity index is 472. The van der Waals surface area contributed by atoms with Crippen molar-refractivity contribution in [1.29, 1.82) is 0 Å². The van der Waals surface area contributed by atoms with Crippen molar-refractivity contribution >= 4 is 11.5 Å². The van der Waals surface area contributed by atoms with E-state index in [4.69, 9.17) is 5.84 Å². The summed E-state index contributed by atoms with van der Waals surface area (Å²) >= 11 is 1.27. The maximum absolute atomic E-state index is 13.0. The maximum atomic E-state index is 13.0. The van der Waals surface area contributed by atoms with Crippen LogP contribution < -0.4 is 11.3 Å². The highest BCUT2D eigenvalue weighted by Gasteiger charge is 2.16. The number of aryl methyl sites for hydroxylation is 1. The van der Waals surface area contributed by atoms with Crippen LogP contribution >= 0.6 is 11.5 Å². The van der Waals surface area contributed by atoms with Crippen LogP contribution in [0.2, 0.25) is 0 Å². The van der Waals surface area contributed by atoms with Gasteiger partial charge in [-0.05, 0) is 41.7 Å². The molecule has 0 aliphatic heterocycles. The Labute approximate surface area is 96.4 Å². The fourth-order valence-corrected chi connectivity index (χ4v) is 2.17. The number of nitrogens with zero attached hydrogens (tertiary/aromatic N) is 2. The second-order valence-electron chi connectivity index (χ2n) is 3.42. The molecule has 0 amide bonds. The van der Waals surface area contributed by atoms with E-state index in [0.717, 1.165) is 16.0 Å². The third-order valence-electron chi connectivity index (χ3n) is 2.37. The van der Waals surface area contributed by atoms with Crippen LogP contribution in [0.4, 0.5) is 4.39 Å². The minimum Gasteiger partial charge on any atom is -0.271 e. The maximum Gasteiger partial charge on any atom is 0.123 e. The van der Waals surface area contributed by atoms with E-state index in [0.29, 0.717) is 0 Å². The molecule has 1 atom stereocenters. The molecule has 0 saturated heterocycles. The highest BCUT2D eigenvalue weighted by atomic mass is 32.1. The molecular formula is C10H11FN4S. The molecule has 6 heteroatoms. The molecule has 1 aromatic carbocycles. The number of nitrogens with two attached hydrogens (primary N) is 1. The molecule has 3 N–H and O–H groups in total. The first-order valence-corrected chi connectivity index (χ1v) is 5.49. The lowest BCUT2D eigenvalue weighted by molar-refractivity contribution is 0.615. The average molecular weight is 238 g/mol. The predicted octanol–water partition coefficient (Wildman–Crippen LogP) is 1.54. The van der Waals surface area contributed by atoms with Gasteiger partial charge in [0.25, 0.3) is 0 Å². The Morgan fingerprint density at radius 2 is 2.31 bits per heavy atom. The van der Waals surface area contributed by atoms with E-state index in [1.807, 2.05) is 6.92 Å². The largest absolute Gasteiger partial charge is 0.271 e. The SMILES string of the molecule is Cc1cc(F)ccc1C(NN)c1cnns1. The summed E-state index contributed by atoms with van der Waals surface area (Å²) in [5, 5.41) is 3.76. The van der Waals surface area contributed by atoms with E-state index in [1.54, 1.807) is 12.3 Å². The molecule has 0 fully saturated rings. The van der Waals surface area contributed by atoms with Gasteiger partial charge in [0.1, 0.15) is 5.82 Å². The number of hydrazine groups is 1. The van der Waals surface area contributed by atoms with Crippen molar-refractivity contribution in [2.45, 2.75) is 13.0 Å². The molecule has 16 heavy (non-hydrogen) atoms. The first kappa shape index (κ1) is 11.1. The Balaban J connectivity index is 2.41. The highest BCUT2D eigenvalue weighted by molar-refractivity contribution is 7.05. The molecule has 0 saturated carbocycles. The fraction of sp³-hybridized carbons (Fsp3) is 0.200. The van der Waals surface area contributed by atoms with E-state index >= 15 is 0 Å². The number of halogens is 1. The van der Waals surface area contributed by atoms with Crippen molar-refractivity contribution in [2.24, 2.45) is 5.84 Å². The monoisotopic (exact) mass is 238 g/mol. The highest BCUT2D eigenvalue weighted by Crippen LogP contribution is 2.25. The summed E-state index contributed by atoms with van der Waals surface area (Å²) < 4.78 is 16.8. The van der Waals surface area contributed by atoms with Crippen LogP contribution in [0, 0.1) is 12.7 Å². The van der Waals surface area contributed by atoms with E-state index in [1.165, 1.54) is 23.7 Å². The van der Waals surface area contributed by atoms with Gasteiger partial charge in [0.15, 0.2) is 0 Å². The minimum atomic E-state index is -0.251. The van der Waals surface area contributed by atoms with Gasteiger partial charge in [0, 0.05) is 0 Å². The second kappa shape index (κ2) is 4.65. The number of nitrogens with one attached hydrogen (secondary N) is 1. The van der Waals surface area contributed by atoms with Crippen LogP contribution in [-0.2, 0) is 0 Å². The molecule has 0 aliphatic rings. The van der Waals surface area contributed by atoms with Gasteiger partial charge in [-0.1, -0.05) is 10.6 Å². The number of aromatic nitrogens is 2. The van der Waals surface area contributed by atoms with Crippen LogP contribution in [0.3, 0.4) is 0 Å². The van der Waals surface area contributed by atoms with Gasteiger partial charge in [-0.2, -0.15) is 0 Å². The first-order chi connectivity index (χ1) is 7.72. The van der Waals surface area contributed by atoms with Crippen molar-refractivity contribution in [1.82, 2.24) is 15.0 Å². The summed E-state index contributed by atoms with van der Waals surface area (Å²) in [6.45, 7) is 1.84. The molecular weight excluding hydrogens is 227 g/mol. The smallest absolute Gasteiger partial charge is 0.123 e. The molecule has 4 nitrogen and oxygen atoms in total. The minimum absolute atomic E-state index is 0.194. The van der Waals surface area contributed by atoms with Gasteiger partial charge in [0.2, 0.25) is 0 Å². The molecule has 2 aromatic rings. The fourth-order valence-electron chi connectivity index (χ4n) is 1.59. The van der Waals surface area contributed by atoms with Crippen LogP contribution in [0.1, 0.15) is 22.0 Å². The van der Waals surface area contributed by atoms with E-state index in [2.05, 4.69) is 15.0 Å². The number of benzene rings is 1. The second-order valence-corrected chi connectivity index (χ2v) is 4.24. The number of hydrogen-bond acceptors (Lipinski definition) is 5. The first-order valence-electron chi connectivity index (χ1n) is 4.72. The number of rotatable bonds is 3. The summed E-state index contributed by atoms with van der Waals surface area (Å²) in [7, 11) is 0. The van der Waals surface area contributed by atoms with Crippen molar-refractivity contribution < 1.29 is 4.39 Å².